The Morgan fingerprint density at radius 3 is 2.42 bits per heavy atom. The van der Waals surface area contributed by atoms with Gasteiger partial charge < -0.3 is 20.5 Å². The summed E-state index contributed by atoms with van der Waals surface area (Å²) in [6, 6.07) is 15.8. The topological polar surface area (TPSA) is 106 Å². The van der Waals surface area contributed by atoms with Crippen LogP contribution in [0.15, 0.2) is 67.0 Å². The summed E-state index contributed by atoms with van der Waals surface area (Å²) in [5.74, 6) is 0.928. The van der Waals surface area contributed by atoms with E-state index in [9.17, 15) is 9.59 Å². The van der Waals surface area contributed by atoms with Gasteiger partial charge in [-0.3, -0.25) is 9.59 Å². The number of carbonyl (C=O) groups is 2. The van der Waals surface area contributed by atoms with Gasteiger partial charge in [0.15, 0.2) is 0 Å². The van der Waals surface area contributed by atoms with Gasteiger partial charge >= 0.3 is 0 Å². The van der Waals surface area contributed by atoms with Crippen LogP contribution < -0.4 is 11.1 Å². The molecule has 3 aliphatic rings. The van der Waals surface area contributed by atoms with Crippen LogP contribution in [0.1, 0.15) is 49.4 Å². The molecule has 4 aromatic rings. The number of aromatic nitrogens is 3. The van der Waals surface area contributed by atoms with Crippen LogP contribution in [0.25, 0.3) is 33.4 Å². The molecule has 2 amide bonds. The summed E-state index contributed by atoms with van der Waals surface area (Å²) in [5.41, 5.74) is 12.6. The van der Waals surface area contributed by atoms with Gasteiger partial charge in [-0.2, -0.15) is 0 Å². The lowest BCUT2D eigenvalue weighted by Gasteiger charge is -2.36. The number of fused-ring (bicyclic) bond motifs is 5. The molecule has 2 aromatic carbocycles. The van der Waals surface area contributed by atoms with Gasteiger partial charge in [-0.1, -0.05) is 37.3 Å². The van der Waals surface area contributed by atoms with Crippen LogP contribution in [0.4, 0.5) is 11.5 Å². The van der Waals surface area contributed by atoms with Gasteiger partial charge in [0.1, 0.15) is 17.8 Å². The molecule has 2 aromatic heterocycles. The molecule has 2 atom stereocenters. The van der Waals surface area contributed by atoms with Crippen LogP contribution in [0, 0.1) is 5.92 Å². The first-order valence-electron chi connectivity index (χ1n) is 13.9. The van der Waals surface area contributed by atoms with E-state index in [1.54, 1.807) is 6.92 Å². The lowest BCUT2D eigenvalue weighted by atomic mass is 9.93. The Morgan fingerprint density at radius 2 is 1.70 bits per heavy atom. The molecule has 1 aliphatic carbocycles. The maximum Gasteiger partial charge on any atom is 0.254 e. The zero-order chi connectivity index (χ0) is 28.0. The molecule has 8 heteroatoms. The number of nitrogens with one attached hydrogen (secondary N) is 1. The third-order valence-corrected chi connectivity index (χ3v) is 8.44. The number of nitrogens with zero attached hydrogens (tertiary/aromatic N) is 4. The number of nitrogen functional groups attached to an aromatic ring is 1. The van der Waals surface area contributed by atoms with E-state index in [4.69, 9.17) is 5.73 Å². The van der Waals surface area contributed by atoms with Gasteiger partial charge in [0, 0.05) is 42.0 Å². The van der Waals surface area contributed by atoms with Crippen LogP contribution in [-0.4, -0.2) is 43.8 Å². The van der Waals surface area contributed by atoms with Crippen LogP contribution >= 0.6 is 0 Å². The smallest absolute Gasteiger partial charge is 0.254 e. The van der Waals surface area contributed by atoms with Crippen molar-refractivity contribution < 1.29 is 9.59 Å². The molecule has 0 spiro atoms. The summed E-state index contributed by atoms with van der Waals surface area (Å²) in [7, 11) is 1.95. The average Bonchev–Trinajstić information content (AvgIpc) is 3.12. The number of rotatable bonds is 5. The van der Waals surface area contributed by atoms with Crippen molar-refractivity contribution in [3.8, 4) is 22.4 Å². The molecule has 0 radical (unpaired) electrons. The molecule has 2 unspecified atom stereocenters. The van der Waals surface area contributed by atoms with Crippen LogP contribution in [-0.2, 0) is 11.8 Å². The minimum atomic E-state index is -0.219. The highest BCUT2D eigenvalue weighted by Crippen LogP contribution is 2.42. The lowest BCUT2D eigenvalue weighted by molar-refractivity contribution is -0.112. The molecule has 3 fully saturated rings. The van der Waals surface area contributed by atoms with Crippen molar-refractivity contribution in [1.29, 1.82) is 0 Å². The molecule has 8 nitrogen and oxygen atoms in total. The number of piperidine rings is 1. The Kier molecular flexibility index (Phi) is 6.62. The average molecular weight is 535 g/mol. The number of nitrogens with two attached hydrogens (primary N) is 1. The predicted octanol–water partition coefficient (Wildman–Crippen LogP) is 5.80. The lowest BCUT2D eigenvalue weighted by Crippen LogP contribution is -2.45. The molecule has 2 aliphatic heterocycles. The first-order chi connectivity index (χ1) is 19.3. The van der Waals surface area contributed by atoms with E-state index in [1.807, 2.05) is 60.1 Å². The number of hydrogen-bond donors (Lipinski definition) is 2. The summed E-state index contributed by atoms with van der Waals surface area (Å²) in [6.45, 7) is 6.24. The summed E-state index contributed by atoms with van der Waals surface area (Å²) < 4.78 is 2.01. The minimum Gasteiger partial charge on any atom is -0.383 e. The molecule has 204 valence electrons. The van der Waals surface area contributed by atoms with E-state index in [0.717, 1.165) is 52.8 Å². The zero-order valence-electron chi connectivity index (χ0n) is 23.0. The Bertz CT molecular complexity index is 1620. The van der Waals surface area contributed by atoms with E-state index in [0.29, 0.717) is 34.6 Å². The number of benzene rings is 2. The standard InChI is InChI=1S/C32H34N6O2/c1-19(2)31(39)36-24-14-12-22(13-15-24)28-26(27-29(33)34-18-35-30(27)37(28)3)21-8-10-23(11-9-21)32(40)38-17-20-5-4-6-25(38)16-7-20/h8-15,18,20,25H,1,4-7,16-17H2,2-3H3,(H,36,39)(H2,33,34,35). The van der Waals surface area contributed by atoms with Gasteiger partial charge in [-0.25, -0.2) is 9.97 Å². The van der Waals surface area contributed by atoms with Gasteiger partial charge in [0.2, 0.25) is 0 Å². The van der Waals surface area contributed by atoms with Crippen molar-refractivity contribution >= 4 is 34.4 Å². The van der Waals surface area contributed by atoms with E-state index >= 15 is 0 Å². The van der Waals surface area contributed by atoms with Gasteiger partial charge in [0.05, 0.1) is 11.1 Å². The molecule has 40 heavy (non-hydrogen) atoms. The quantitative estimate of drug-likeness (QED) is 0.315. The van der Waals surface area contributed by atoms with Crippen molar-refractivity contribution in [3.63, 3.8) is 0 Å². The first kappa shape index (κ1) is 25.8. The fourth-order valence-corrected chi connectivity index (χ4v) is 6.32. The molecule has 2 saturated heterocycles. The Hall–Kier alpha value is -4.46. The van der Waals surface area contributed by atoms with Gasteiger partial charge in [0.25, 0.3) is 11.8 Å². The van der Waals surface area contributed by atoms with Gasteiger partial charge in [-0.05, 0) is 73.9 Å². The van der Waals surface area contributed by atoms with Crippen LogP contribution in [0.5, 0.6) is 0 Å². The summed E-state index contributed by atoms with van der Waals surface area (Å²) in [5, 5.41) is 3.62. The Balaban J connectivity index is 1.38. The second-order valence-electron chi connectivity index (χ2n) is 11.1. The van der Waals surface area contributed by atoms with E-state index in [2.05, 4.69) is 26.8 Å². The normalized spacial score (nSPS) is 18.5. The molecular formula is C32H34N6O2. The van der Waals surface area contributed by atoms with E-state index < -0.39 is 0 Å². The van der Waals surface area contributed by atoms with Crippen molar-refractivity contribution in [2.75, 3.05) is 17.6 Å². The number of aryl methyl sites for hydroxylation is 1. The molecule has 4 heterocycles. The summed E-state index contributed by atoms with van der Waals surface area (Å²) >= 11 is 0. The second-order valence-corrected chi connectivity index (χ2v) is 11.1. The molecule has 1 saturated carbocycles. The van der Waals surface area contributed by atoms with E-state index in [1.165, 1.54) is 25.6 Å². The minimum absolute atomic E-state index is 0.122. The number of amides is 2. The number of hydrogen-bond acceptors (Lipinski definition) is 5. The Morgan fingerprint density at radius 1 is 0.975 bits per heavy atom. The highest BCUT2D eigenvalue weighted by molar-refractivity contribution is 6.08. The van der Waals surface area contributed by atoms with Crippen molar-refractivity contribution in [1.82, 2.24) is 19.4 Å². The monoisotopic (exact) mass is 534 g/mol. The van der Waals surface area contributed by atoms with E-state index in [-0.39, 0.29) is 11.8 Å². The first-order valence-corrected chi connectivity index (χ1v) is 13.9. The third-order valence-electron chi connectivity index (χ3n) is 8.44. The van der Waals surface area contributed by atoms with Crippen molar-refractivity contribution in [3.05, 3.63) is 72.6 Å². The highest BCUT2D eigenvalue weighted by atomic mass is 16.2. The maximum absolute atomic E-state index is 13.5. The third kappa shape index (κ3) is 4.53. The van der Waals surface area contributed by atoms with Gasteiger partial charge in [-0.15, -0.1) is 0 Å². The van der Waals surface area contributed by atoms with Crippen molar-refractivity contribution in [2.45, 2.75) is 45.1 Å². The maximum atomic E-state index is 13.5. The predicted molar refractivity (Wildman–Crippen MR) is 159 cm³/mol. The second kappa shape index (κ2) is 10.3. The molecule has 7 rings (SSSR count). The SMILES string of the molecule is C=C(C)C(=O)Nc1ccc(-c2c(-c3ccc(C(=O)N4CC5CCCC4CC5)cc3)c3c(N)ncnc3n2C)cc1. The summed E-state index contributed by atoms with van der Waals surface area (Å²) in [4.78, 5) is 36.5. The fraction of sp³-hybridized carbons (Fsp3) is 0.312. The molecular weight excluding hydrogens is 500 g/mol. The largest absolute Gasteiger partial charge is 0.383 e. The number of carbonyl (C=O) groups excluding carboxylic acids is 2. The van der Waals surface area contributed by atoms with Crippen LogP contribution in [0.3, 0.4) is 0 Å². The fourth-order valence-electron chi connectivity index (χ4n) is 6.32. The van der Waals surface area contributed by atoms with Crippen LogP contribution in [0.2, 0.25) is 0 Å². The summed E-state index contributed by atoms with van der Waals surface area (Å²) in [6.07, 6.45) is 7.37. The molecule has 3 N–H and O–H groups in total. The molecule has 2 bridgehead atoms. The highest BCUT2D eigenvalue weighted by Gasteiger charge is 2.34. The zero-order valence-corrected chi connectivity index (χ0v) is 23.0. The van der Waals surface area contributed by atoms with Crippen molar-refractivity contribution in [2.24, 2.45) is 13.0 Å². The Labute approximate surface area is 233 Å². The number of anilines is 2.